The highest BCUT2D eigenvalue weighted by atomic mass is 16.6. The monoisotopic (exact) mass is 228 g/mol. The SMILES string of the molecule is CCCC1CC1(CN)NC(=O)OC(C)(C)C. The Bertz CT molecular complexity index is 260. The minimum absolute atomic E-state index is 0.196. The Balaban J connectivity index is 2.44. The van der Waals surface area contributed by atoms with E-state index < -0.39 is 5.60 Å². The number of nitrogens with one attached hydrogen (secondary N) is 1. The van der Waals surface area contributed by atoms with Crippen molar-refractivity contribution in [2.45, 2.75) is 58.1 Å². The Morgan fingerprint density at radius 1 is 1.56 bits per heavy atom. The predicted molar refractivity (Wildman–Crippen MR) is 64.2 cm³/mol. The maximum absolute atomic E-state index is 11.6. The summed E-state index contributed by atoms with van der Waals surface area (Å²) in [4.78, 5) is 11.6. The lowest BCUT2D eigenvalue weighted by Crippen LogP contribution is -2.46. The van der Waals surface area contributed by atoms with Gasteiger partial charge in [0, 0.05) is 6.54 Å². The Morgan fingerprint density at radius 3 is 2.62 bits per heavy atom. The normalized spacial score (nSPS) is 28.7. The van der Waals surface area contributed by atoms with Crippen molar-refractivity contribution in [1.29, 1.82) is 0 Å². The summed E-state index contributed by atoms with van der Waals surface area (Å²) in [5.74, 6) is 0.523. The first-order valence-electron chi connectivity index (χ1n) is 6.04. The van der Waals surface area contributed by atoms with Crippen LogP contribution >= 0.6 is 0 Å². The molecule has 1 aliphatic rings. The highest BCUT2D eigenvalue weighted by molar-refractivity contribution is 5.69. The van der Waals surface area contributed by atoms with Crippen LogP contribution in [0.3, 0.4) is 0 Å². The fourth-order valence-electron chi connectivity index (χ4n) is 2.07. The van der Waals surface area contributed by atoms with Crippen LogP contribution in [-0.2, 0) is 4.74 Å². The molecule has 0 aromatic carbocycles. The molecule has 1 rings (SSSR count). The molecule has 0 bridgehead atoms. The standard InChI is InChI=1S/C12H24N2O2/c1-5-6-9-7-12(9,8-13)14-10(15)16-11(2,3)4/h9H,5-8,13H2,1-4H3,(H,14,15). The number of nitrogens with two attached hydrogens (primary N) is 1. The van der Waals surface area contributed by atoms with E-state index in [9.17, 15) is 4.79 Å². The molecule has 4 heteroatoms. The van der Waals surface area contributed by atoms with E-state index >= 15 is 0 Å². The molecule has 0 aliphatic heterocycles. The average molecular weight is 228 g/mol. The van der Waals surface area contributed by atoms with Crippen LogP contribution in [0.5, 0.6) is 0 Å². The van der Waals surface area contributed by atoms with Gasteiger partial charge in [-0.3, -0.25) is 0 Å². The van der Waals surface area contributed by atoms with Crippen molar-refractivity contribution in [2.75, 3.05) is 6.54 Å². The van der Waals surface area contributed by atoms with Crippen LogP contribution in [0, 0.1) is 5.92 Å². The van der Waals surface area contributed by atoms with Crippen LogP contribution in [0.25, 0.3) is 0 Å². The molecule has 0 aromatic heterocycles. The second-order valence-corrected chi connectivity index (χ2v) is 5.68. The van der Waals surface area contributed by atoms with Crippen LogP contribution < -0.4 is 11.1 Å². The highest BCUT2D eigenvalue weighted by Gasteiger charge is 2.53. The molecule has 0 heterocycles. The number of rotatable bonds is 4. The third-order valence-corrected chi connectivity index (χ3v) is 2.98. The van der Waals surface area contributed by atoms with Gasteiger partial charge in [-0.05, 0) is 39.5 Å². The summed E-state index contributed by atoms with van der Waals surface area (Å²) in [5.41, 5.74) is 5.09. The number of carbonyl (C=O) groups excluding carboxylic acids is 1. The summed E-state index contributed by atoms with van der Waals surface area (Å²) >= 11 is 0. The summed E-state index contributed by atoms with van der Waals surface area (Å²) in [6.07, 6.45) is 2.88. The lowest BCUT2D eigenvalue weighted by molar-refractivity contribution is 0.0493. The first-order valence-corrected chi connectivity index (χ1v) is 6.04. The fraction of sp³-hybridized carbons (Fsp3) is 0.917. The van der Waals surface area contributed by atoms with Crippen molar-refractivity contribution in [2.24, 2.45) is 11.7 Å². The second kappa shape index (κ2) is 4.62. The van der Waals surface area contributed by atoms with E-state index in [-0.39, 0.29) is 11.6 Å². The molecule has 16 heavy (non-hydrogen) atoms. The summed E-state index contributed by atoms with van der Waals surface area (Å²) in [7, 11) is 0. The molecular weight excluding hydrogens is 204 g/mol. The second-order valence-electron chi connectivity index (χ2n) is 5.68. The average Bonchev–Trinajstić information content (AvgIpc) is 2.76. The Kier molecular flexibility index (Phi) is 3.84. The lowest BCUT2D eigenvalue weighted by Gasteiger charge is -2.23. The maximum Gasteiger partial charge on any atom is 0.408 e. The number of carbonyl (C=O) groups is 1. The molecule has 0 aromatic rings. The van der Waals surface area contributed by atoms with E-state index in [0.717, 1.165) is 19.3 Å². The molecule has 4 nitrogen and oxygen atoms in total. The molecule has 2 unspecified atom stereocenters. The van der Waals surface area contributed by atoms with Gasteiger partial charge >= 0.3 is 6.09 Å². The van der Waals surface area contributed by atoms with Crippen LogP contribution in [0.4, 0.5) is 4.79 Å². The molecule has 1 amide bonds. The molecule has 0 saturated heterocycles. The van der Waals surface area contributed by atoms with Gasteiger partial charge in [-0.15, -0.1) is 0 Å². The van der Waals surface area contributed by atoms with Crippen molar-refractivity contribution in [1.82, 2.24) is 5.32 Å². The minimum Gasteiger partial charge on any atom is -0.444 e. The Morgan fingerprint density at radius 2 is 2.19 bits per heavy atom. The van der Waals surface area contributed by atoms with Gasteiger partial charge in [0.2, 0.25) is 0 Å². The summed E-state index contributed by atoms with van der Waals surface area (Å²) in [5, 5.41) is 2.92. The van der Waals surface area contributed by atoms with Gasteiger partial charge in [-0.1, -0.05) is 13.3 Å². The first-order chi connectivity index (χ1) is 7.33. The van der Waals surface area contributed by atoms with Crippen molar-refractivity contribution in [3.8, 4) is 0 Å². The van der Waals surface area contributed by atoms with Gasteiger partial charge in [0.25, 0.3) is 0 Å². The van der Waals surface area contributed by atoms with E-state index in [4.69, 9.17) is 10.5 Å². The number of alkyl carbamates (subject to hydrolysis) is 1. The van der Waals surface area contributed by atoms with Gasteiger partial charge in [0.05, 0.1) is 5.54 Å². The summed E-state index contributed by atoms with van der Waals surface area (Å²) in [6, 6.07) is 0. The third-order valence-electron chi connectivity index (χ3n) is 2.98. The number of hydrogen-bond donors (Lipinski definition) is 2. The van der Waals surface area contributed by atoms with Crippen molar-refractivity contribution in [3.05, 3.63) is 0 Å². The summed E-state index contributed by atoms with van der Waals surface area (Å²) in [6.45, 7) is 8.22. The van der Waals surface area contributed by atoms with Gasteiger partial charge in [0.15, 0.2) is 0 Å². The first kappa shape index (κ1) is 13.3. The van der Waals surface area contributed by atoms with E-state index in [0.29, 0.717) is 12.5 Å². The van der Waals surface area contributed by atoms with Gasteiger partial charge < -0.3 is 15.8 Å². The van der Waals surface area contributed by atoms with E-state index in [1.54, 1.807) is 0 Å². The molecule has 0 radical (unpaired) electrons. The molecule has 1 aliphatic carbocycles. The zero-order chi connectivity index (χ0) is 12.4. The number of ether oxygens (including phenoxy) is 1. The van der Waals surface area contributed by atoms with Crippen LogP contribution in [0.15, 0.2) is 0 Å². The Hall–Kier alpha value is -0.770. The molecule has 3 N–H and O–H groups in total. The quantitative estimate of drug-likeness (QED) is 0.773. The maximum atomic E-state index is 11.6. The molecule has 1 saturated carbocycles. The van der Waals surface area contributed by atoms with Crippen LogP contribution in [0.1, 0.15) is 47.0 Å². The minimum atomic E-state index is -0.449. The smallest absolute Gasteiger partial charge is 0.408 e. The number of hydrogen-bond acceptors (Lipinski definition) is 3. The van der Waals surface area contributed by atoms with Gasteiger partial charge in [-0.2, -0.15) is 0 Å². The van der Waals surface area contributed by atoms with E-state index in [1.807, 2.05) is 20.8 Å². The molecular formula is C12H24N2O2. The molecule has 2 atom stereocenters. The topological polar surface area (TPSA) is 64.3 Å². The summed E-state index contributed by atoms with van der Waals surface area (Å²) < 4.78 is 5.24. The van der Waals surface area contributed by atoms with Gasteiger partial charge in [-0.25, -0.2) is 4.79 Å². The van der Waals surface area contributed by atoms with Crippen molar-refractivity contribution in [3.63, 3.8) is 0 Å². The zero-order valence-corrected chi connectivity index (χ0v) is 10.8. The molecule has 0 spiro atoms. The third kappa shape index (κ3) is 3.37. The van der Waals surface area contributed by atoms with Crippen molar-refractivity contribution >= 4 is 6.09 Å². The van der Waals surface area contributed by atoms with E-state index in [2.05, 4.69) is 12.2 Å². The lowest BCUT2D eigenvalue weighted by atomic mass is 10.1. The highest BCUT2D eigenvalue weighted by Crippen LogP contribution is 2.45. The molecule has 1 fully saturated rings. The zero-order valence-electron chi connectivity index (χ0n) is 10.8. The van der Waals surface area contributed by atoms with Crippen molar-refractivity contribution < 1.29 is 9.53 Å². The fourth-order valence-corrected chi connectivity index (χ4v) is 2.07. The molecule has 94 valence electrons. The largest absolute Gasteiger partial charge is 0.444 e. The van der Waals surface area contributed by atoms with Crippen LogP contribution in [-0.4, -0.2) is 23.8 Å². The predicted octanol–water partition coefficient (Wildman–Crippen LogP) is 2.03. The van der Waals surface area contributed by atoms with Gasteiger partial charge in [0.1, 0.15) is 5.60 Å². The Labute approximate surface area is 97.9 Å². The van der Waals surface area contributed by atoms with E-state index in [1.165, 1.54) is 0 Å². The van der Waals surface area contributed by atoms with Crippen LogP contribution in [0.2, 0.25) is 0 Å². The number of amides is 1.